The summed E-state index contributed by atoms with van der Waals surface area (Å²) in [5.74, 6) is -0.200. The molecule has 2 fully saturated rings. The lowest BCUT2D eigenvalue weighted by Gasteiger charge is -2.31. The number of hydrogen-bond acceptors (Lipinski definition) is 6. The summed E-state index contributed by atoms with van der Waals surface area (Å²) in [6.45, 7) is 0.273. The van der Waals surface area contributed by atoms with Crippen LogP contribution in [0.2, 0.25) is 0 Å². The van der Waals surface area contributed by atoms with Crippen LogP contribution >= 0.6 is 0 Å². The molecule has 1 saturated carbocycles. The number of nitro benzene ring substituents is 1. The summed E-state index contributed by atoms with van der Waals surface area (Å²) in [6.07, 6.45) is 7.78. The molecular formula is C21H28N4O7. The van der Waals surface area contributed by atoms with Crippen LogP contribution in [0.5, 0.6) is 5.75 Å². The molecule has 4 N–H and O–H groups in total. The number of carbonyl (C=O) groups is 3. The van der Waals surface area contributed by atoms with Gasteiger partial charge in [-0.25, -0.2) is 4.79 Å². The third-order valence-electron chi connectivity index (χ3n) is 5.53. The zero-order valence-corrected chi connectivity index (χ0v) is 17.9. The number of amides is 4. The molecule has 0 unspecified atom stereocenters. The highest BCUT2D eigenvalue weighted by molar-refractivity contribution is 6.14. The third-order valence-corrected chi connectivity index (χ3v) is 5.53. The van der Waals surface area contributed by atoms with Crippen LogP contribution in [0.15, 0.2) is 23.9 Å². The number of ether oxygens (including phenoxy) is 1. The number of imide groups is 1. The van der Waals surface area contributed by atoms with Gasteiger partial charge in [-0.3, -0.25) is 25.0 Å². The smallest absolute Gasteiger partial charge is 0.326 e. The van der Waals surface area contributed by atoms with Gasteiger partial charge in [0.25, 0.3) is 11.6 Å². The lowest BCUT2D eigenvalue weighted by molar-refractivity contribution is -0.385. The van der Waals surface area contributed by atoms with Crippen molar-refractivity contribution in [2.24, 2.45) is 0 Å². The molecular weight excluding hydrogens is 420 g/mol. The average molecular weight is 448 g/mol. The molecule has 1 aromatic rings. The fourth-order valence-electron chi connectivity index (χ4n) is 3.80. The van der Waals surface area contributed by atoms with Gasteiger partial charge >= 0.3 is 6.03 Å². The standard InChI is InChI=1S/C21H26N4O6.H2O/c1-24(15-6-3-2-4-7-15)19(26)8-5-11-31-16-9-10-18(25(29)30)14(12-16)13-17-20(27)23-21(28)22-17;/h9-10,12-13,15H,2-8,11H2,1H3,(H2,22,23,27,28);1H2. The number of hydrogen-bond donors (Lipinski definition) is 2. The number of carbonyl (C=O) groups excluding carboxylic acids is 3. The van der Waals surface area contributed by atoms with Crippen LogP contribution in [0, 0.1) is 10.1 Å². The van der Waals surface area contributed by atoms with Crippen LogP contribution in [0.1, 0.15) is 50.5 Å². The highest BCUT2D eigenvalue weighted by Gasteiger charge is 2.25. The maximum atomic E-state index is 12.4. The zero-order valence-electron chi connectivity index (χ0n) is 17.9. The maximum absolute atomic E-state index is 12.4. The summed E-state index contributed by atoms with van der Waals surface area (Å²) in [7, 11) is 1.85. The molecule has 0 atom stereocenters. The number of urea groups is 1. The van der Waals surface area contributed by atoms with Crippen molar-refractivity contribution in [1.29, 1.82) is 0 Å². The molecule has 11 nitrogen and oxygen atoms in total. The van der Waals surface area contributed by atoms with E-state index in [4.69, 9.17) is 4.74 Å². The first-order valence-electron chi connectivity index (χ1n) is 10.4. The molecule has 1 aliphatic heterocycles. The van der Waals surface area contributed by atoms with Crippen molar-refractivity contribution in [2.75, 3.05) is 13.7 Å². The van der Waals surface area contributed by atoms with Crippen LogP contribution in [-0.4, -0.2) is 52.8 Å². The van der Waals surface area contributed by atoms with Crippen LogP contribution in [0.4, 0.5) is 10.5 Å². The van der Waals surface area contributed by atoms with Gasteiger partial charge in [-0.15, -0.1) is 0 Å². The predicted octanol–water partition coefficient (Wildman–Crippen LogP) is 1.90. The van der Waals surface area contributed by atoms with Gasteiger partial charge in [0.15, 0.2) is 0 Å². The largest absolute Gasteiger partial charge is 0.494 e. The summed E-state index contributed by atoms with van der Waals surface area (Å²) in [5.41, 5.74) is -0.178. The first-order chi connectivity index (χ1) is 14.8. The van der Waals surface area contributed by atoms with Crippen molar-refractivity contribution < 1.29 is 29.5 Å². The molecule has 1 heterocycles. The molecule has 3 rings (SSSR count). The Labute approximate surface area is 185 Å². The summed E-state index contributed by atoms with van der Waals surface area (Å²) in [6, 6.07) is 3.80. The highest BCUT2D eigenvalue weighted by atomic mass is 16.6. The lowest BCUT2D eigenvalue weighted by Crippen LogP contribution is -2.38. The molecule has 4 amide bonds. The van der Waals surface area contributed by atoms with Crippen LogP contribution in [0.3, 0.4) is 0 Å². The summed E-state index contributed by atoms with van der Waals surface area (Å²) in [4.78, 5) is 47.9. The predicted molar refractivity (Wildman–Crippen MR) is 116 cm³/mol. The minimum absolute atomic E-state index is 0. The van der Waals surface area contributed by atoms with E-state index in [0.717, 1.165) is 25.7 Å². The number of nitro groups is 1. The second kappa shape index (κ2) is 11.2. The Morgan fingerprint density at radius 1 is 1.25 bits per heavy atom. The van der Waals surface area contributed by atoms with Crippen LogP contribution in [0.25, 0.3) is 6.08 Å². The van der Waals surface area contributed by atoms with Crippen molar-refractivity contribution in [1.82, 2.24) is 15.5 Å². The molecule has 0 bridgehead atoms. The van der Waals surface area contributed by atoms with E-state index in [2.05, 4.69) is 5.32 Å². The summed E-state index contributed by atoms with van der Waals surface area (Å²) >= 11 is 0. The van der Waals surface area contributed by atoms with Crippen molar-refractivity contribution in [3.63, 3.8) is 0 Å². The van der Waals surface area contributed by atoms with Crippen molar-refractivity contribution in [3.05, 3.63) is 39.6 Å². The molecule has 0 radical (unpaired) electrons. The molecule has 32 heavy (non-hydrogen) atoms. The van der Waals surface area contributed by atoms with E-state index in [1.54, 1.807) is 0 Å². The SMILES string of the molecule is CN(C(=O)CCCOc1ccc([N+](=O)[O-])c(C=C2NC(=O)NC2=O)c1)C1CCCCC1.O. The maximum Gasteiger partial charge on any atom is 0.326 e. The fourth-order valence-corrected chi connectivity index (χ4v) is 3.80. The fraction of sp³-hybridized carbons (Fsp3) is 0.476. The first kappa shape index (κ1) is 24.8. The average Bonchev–Trinajstić information content (AvgIpc) is 3.07. The normalized spacial score (nSPS) is 17.3. The van der Waals surface area contributed by atoms with E-state index < -0.39 is 16.9 Å². The second-order valence-corrected chi connectivity index (χ2v) is 7.69. The van der Waals surface area contributed by atoms with E-state index in [9.17, 15) is 24.5 Å². The van der Waals surface area contributed by atoms with Gasteiger partial charge in [0.05, 0.1) is 17.1 Å². The molecule has 2 aliphatic rings. The van der Waals surface area contributed by atoms with Crippen molar-refractivity contribution >= 4 is 29.6 Å². The van der Waals surface area contributed by atoms with Crippen molar-refractivity contribution in [3.8, 4) is 5.75 Å². The summed E-state index contributed by atoms with van der Waals surface area (Å²) in [5, 5.41) is 15.6. The zero-order chi connectivity index (χ0) is 22.4. The molecule has 0 spiro atoms. The Morgan fingerprint density at radius 2 is 1.97 bits per heavy atom. The Kier molecular flexibility index (Phi) is 8.71. The van der Waals surface area contributed by atoms with Gasteiger partial charge in [-0.05, 0) is 37.5 Å². The van der Waals surface area contributed by atoms with Gasteiger partial charge in [0.1, 0.15) is 11.4 Å². The van der Waals surface area contributed by atoms with Crippen LogP contribution in [-0.2, 0) is 9.59 Å². The Hall–Kier alpha value is -3.47. The van der Waals surface area contributed by atoms with E-state index in [1.807, 2.05) is 17.3 Å². The highest BCUT2D eigenvalue weighted by Crippen LogP contribution is 2.27. The molecule has 0 aromatic heterocycles. The second-order valence-electron chi connectivity index (χ2n) is 7.69. The molecule has 174 valence electrons. The van der Waals surface area contributed by atoms with Crippen LogP contribution < -0.4 is 15.4 Å². The summed E-state index contributed by atoms with van der Waals surface area (Å²) < 4.78 is 5.66. The Bertz CT molecular complexity index is 909. The first-order valence-corrected chi connectivity index (χ1v) is 10.4. The van der Waals surface area contributed by atoms with Gasteiger partial charge in [-0.1, -0.05) is 19.3 Å². The molecule has 1 saturated heterocycles. The van der Waals surface area contributed by atoms with E-state index in [-0.39, 0.29) is 34.9 Å². The van der Waals surface area contributed by atoms with Gasteiger partial charge < -0.3 is 20.4 Å². The number of nitrogens with zero attached hydrogens (tertiary/aromatic N) is 2. The molecule has 1 aliphatic carbocycles. The Morgan fingerprint density at radius 3 is 2.59 bits per heavy atom. The number of benzene rings is 1. The van der Waals surface area contributed by atoms with Gasteiger partial charge in [0, 0.05) is 25.6 Å². The minimum atomic E-state index is -0.686. The molecule has 11 heteroatoms. The minimum Gasteiger partial charge on any atom is -0.494 e. The lowest BCUT2D eigenvalue weighted by atomic mass is 9.94. The van der Waals surface area contributed by atoms with E-state index in [0.29, 0.717) is 24.6 Å². The topological polar surface area (TPSA) is 162 Å². The van der Waals surface area contributed by atoms with Gasteiger partial charge in [0.2, 0.25) is 5.91 Å². The molecule has 1 aromatic carbocycles. The van der Waals surface area contributed by atoms with E-state index >= 15 is 0 Å². The Balaban J connectivity index is 0.00000363. The quantitative estimate of drug-likeness (QED) is 0.203. The third kappa shape index (κ3) is 6.27. The number of rotatable bonds is 8. The van der Waals surface area contributed by atoms with E-state index in [1.165, 1.54) is 30.7 Å². The van der Waals surface area contributed by atoms with Crippen molar-refractivity contribution in [2.45, 2.75) is 51.0 Å². The van der Waals surface area contributed by atoms with Gasteiger partial charge in [-0.2, -0.15) is 0 Å². The monoisotopic (exact) mass is 448 g/mol. The number of nitrogens with one attached hydrogen (secondary N) is 2.